The SMILES string of the molecule is Cc1ccc(-c2c3ccccc3c(-c3ccc4cc(F)c(F)cc4c3)c3ccccc23)cc1. The van der Waals surface area contributed by atoms with Gasteiger partial charge >= 0.3 is 0 Å². The van der Waals surface area contributed by atoms with E-state index in [0.717, 1.165) is 21.9 Å². The van der Waals surface area contributed by atoms with E-state index in [1.165, 1.54) is 39.6 Å². The third-order valence-corrected chi connectivity index (χ3v) is 6.44. The van der Waals surface area contributed by atoms with E-state index in [1.54, 1.807) is 0 Å². The number of hydrogen-bond acceptors (Lipinski definition) is 0. The minimum Gasteiger partial charge on any atom is -0.204 e. The maximum Gasteiger partial charge on any atom is 0.159 e. The van der Waals surface area contributed by atoms with E-state index < -0.39 is 11.6 Å². The number of halogens is 2. The maximum absolute atomic E-state index is 14.0. The summed E-state index contributed by atoms with van der Waals surface area (Å²) in [6.45, 7) is 2.09. The van der Waals surface area contributed by atoms with Crippen molar-refractivity contribution in [1.29, 1.82) is 0 Å². The number of rotatable bonds is 2. The minimum atomic E-state index is -0.830. The van der Waals surface area contributed by atoms with Gasteiger partial charge in [0.15, 0.2) is 11.6 Å². The Morgan fingerprint density at radius 3 is 1.45 bits per heavy atom. The standard InChI is InChI=1S/C31H20F2/c1-19-10-12-20(13-11-19)30-24-6-2-4-8-26(24)31(27-9-5-3-7-25(27)30)22-15-14-21-17-28(32)29(33)18-23(21)16-22/h2-18H,1H3. The Kier molecular flexibility index (Phi) is 4.48. The maximum atomic E-state index is 14.0. The number of aryl methyl sites for hydroxylation is 1. The summed E-state index contributed by atoms with van der Waals surface area (Å²) in [7, 11) is 0. The number of fused-ring (bicyclic) bond motifs is 3. The van der Waals surface area contributed by atoms with Gasteiger partial charge in [0.05, 0.1) is 0 Å². The number of benzene rings is 6. The molecule has 0 amide bonds. The van der Waals surface area contributed by atoms with Crippen LogP contribution in [0.15, 0.2) is 103 Å². The van der Waals surface area contributed by atoms with Gasteiger partial charge in [0.25, 0.3) is 0 Å². The van der Waals surface area contributed by atoms with Gasteiger partial charge in [0.2, 0.25) is 0 Å². The first-order chi connectivity index (χ1) is 16.1. The molecule has 0 aliphatic rings. The van der Waals surface area contributed by atoms with Gasteiger partial charge in [-0.15, -0.1) is 0 Å². The van der Waals surface area contributed by atoms with Gasteiger partial charge in [-0.2, -0.15) is 0 Å². The molecule has 158 valence electrons. The van der Waals surface area contributed by atoms with Crippen molar-refractivity contribution in [3.8, 4) is 22.3 Å². The van der Waals surface area contributed by atoms with Crippen LogP contribution in [-0.4, -0.2) is 0 Å². The predicted octanol–water partition coefficient (Wildman–Crippen LogP) is 9.07. The second kappa shape index (κ2) is 7.53. The molecule has 0 aliphatic heterocycles. The van der Waals surface area contributed by atoms with Gasteiger partial charge in [-0.25, -0.2) is 8.78 Å². The Morgan fingerprint density at radius 2 is 0.909 bits per heavy atom. The van der Waals surface area contributed by atoms with Gasteiger partial charge in [-0.3, -0.25) is 0 Å². The molecule has 0 heterocycles. The van der Waals surface area contributed by atoms with Crippen molar-refractivity contribution in [1.82, 2.24) is 0 Å². The zero-order valence-corrected chi connectivity index (χ0v) is 18.1. The fraction of sp³-hybridized carbons (Fsp3) is 0.0323. The molecular formula is C31H20F2. The largest absolute Gasteiger partial charge is 0.204 e. The van der Waals surface area contributed by atoms with Crippen LogP contribution in [0, 0.1) is 18.6 Å². The third-order valence-electron chi connectivity index (χ3n) is 6.44. The van der Waals surface area contributed by atoms with Gasteiger partial charge in [0.1, 0.15) is 0 Å². The summed E-state index contributed by atoms with van der Waals surface area (Å²) in [6.07, 6.45) is 0. The summed E-state index contributed by atoms with van der Waals surface area (Å²) < 4.78 is 27.7. The zero-order valence-electron chi connectivity index (χ0n) is 18.1. The average molecular weight is 430 g/mol. The van der Waals surface area contributed by atoms with E-state index in [4.69, 9.17) is 0 Å². The first-order valence-corrected chi connectivity index (χ1v) is 11.0. The van der Waals surface area contributed by atoms with E-state index in [9.17, 15) is 8.78 Å². The van der Waals surface area contributed by atoms with Crippen LogP contribution in [0.1, 0.15) is 5.56 Å². The molecular weight excluding hydrogens is 410 g/mol. The second-order valence-corrected chi connectivity index (χ2v) is 8.54. The van der Waals surface area contributed by atoms with Gasteiger partial charge in [-0.1, -0.05) is 90.5 Å². The van der Waals surface area contributed by atoms with Crippen molar-refractivity contribution in [2.75, 3.05) is 0 Å². The van der Waals surface area contributed by atoms with Crippen molar-refractivity contribution >= 4 is 32.3 Å². The van der Waals surface area contributed by atoms with Gasteiger partial charge in [0, 0.05) is 0 Å². The Morgan fingerprint density at radius 1 is 0.455 bits per heavy atom. The normalized spacial score (nSPS) is 11.5. The Labute approximate surface area is 190 Å². The lowest BCUT2D eigenvalue weighted by atomic mass is 9.85. The monoisotopic (exact) mass is 430 g/mol. The van der Waals surface area contributed by atoms with Crippen molar-refractivity contribution in [2.24, 2.45) is 0 Å². The molecule has 0 aliphatic carbocycles. The topological polar surface area (TPSA) is 0 Å². The molecule has 0 fully saturated rings. The lowest BCUT2D eigenvalue weighted by Crippen LogP contribution is -1.91. The highest BCUT2D eigenvalue weighted by Gasteiger charge is 2.16. The Bertz CT molecular complexity index is 1620. The molecule has 33 heavy (non-hydrogen) atoms. The molecule has 6 aromatic rings. The summed E-state index contributed by atoms with van der Waals surface area (Å²) in [5.41, 5.74) is 5.69. The molecule has 0 bridgehead atoms. The molecule has 0 nitrogen and oxygen atoms in total. The van der Waals surface area contributed by atoms with Gasteiger partial charge in [-0.05, 0) is 79.7 Å². The van der Waals surface area contributed by atoms with Crippen molar-refractivity contribution in [2.45, 2.75) is 6.92 Å². The van der Waals surface area contributed by atoms with E-state index >= 15 is 0 Å². The van der Waals surface area contributed by atoms with Crippen molar-refractivity contribution < 1.29 is 8.78 Å². The summed E-state index contributed by atoms with van der Waals surface area (Å²) in [6, 6.07) is 33.8. The van der Waals surface area contributed by atoms with Crippen LogP contribution in [0.4, 0.5) is 8.78 Å². The molecule has 0 unspecified atom stereocenters. The molecule has 6 aromatic carbocycles. The van der Waals surface area contributed by atoms with Crippen LogP contribution in [0.25, 0.3) is 54.6 Å². The fourth-order valence-electron chi connectivity index (χ4n) is 4.87. The molecule has 0 aromatic heterocycles. The molecule has 0 atom stereocenters. The average Bonchev–Trinajstić information content (AvgIpc) is 2.84. The molecule has 0 saturated heterocycles. The Balaban J connectivity index is 1.74. The van der Waals surface area contributed by atoms with Crippen LogP contribution >= 0.6 is 0 Å². The van der Waals surface area contributed by atoms with E-state index in [2.05, 4.69) is 79.7 Å². The van der Waals surface area contributed by atoms with E-state index in [1.807, 2.05) is 18.2 Å². The van der Waals surface area contributed by atoms with Gasteiger partial charge < -0.3 is 0 Å². The first-order valence-electron chi connectivity index (χ1n) is 11.0. The highest BCUT2D eigenvalue weighted by molar-refractivity contribution is 6.21. The summed E-state index contributed by atoms with van der Waals surface area (Å²) in [5, 5.41) is 5.97. The van der Waals surface area contributed by atoms with Crippen LogP contribution < -0.4 is 0 Å². The molecule has 2 heteroatoms. The molecule has 0 saturated carbocycles. The molecule has 0 N–H and O–H groups in total. The predicted molar refractivity (Wildman–Crippen MR) is 134 cm³/mol. The molecule has 0 spiro atoms. The summed E-state index contributed by atoms with van der Waals surface area (Å²) >= 11 is 0. The van der Waals surface area contributed by atoms with Crippen molar-refractivity contribution in [3.63, 3.8) is 0 Å². The zero-order chi connectivity index (χ0) is 22.5. The first kappa shape index (κ1) is 19.6. The fourth-order valence-corrected chi connectivity index (χ4v) is 4.87. The smallest absolute Gasteiger partial charge is 0.159 e. The third kappa shape index (κ3) is 3.18. The lowest BCUT2D eigenvalue weighted by Gasteiger charge is -2.18. The quantitative estimate of drug-likeness (QED) is 0.240. The highest BCUT2D eigenvalue weighted by atomic mass is 19.2. The minimum absolute atomic E-state index is 0.683. The second-order valence-electron chi connectivity index (χ2n) is 8.54. The Hall–Kier alpha value is -4.04. The van der Waals surface area contributed by atoms with E-state index in [-0.39, 0.29) is 0 Å². The molecule has 6 rings (SSSR count). The molecule has 0 radical (unpaired) electrons. The summed E-state index contributed by atoms with van der Waals surface area (Å²) in [4.78, 5) is 0. The number of hydrogen-bond donors (Lipinski definition) is 0. The van der Waals surface area contributed by atoms with E-state index in [0.29, 0.717) is 10.8 Å². The van der Waals surface area contributed by atoms with Crippen LogP contribution in [0.5, 0.6) is 0 Å². The summed E-state index contributed by atoms with van der Waals surface area (Å²) in [5.74, 6) is -1.65. The van der Waals surface area contributed by atoms with Crippen LogP contribution in [0.3, 0.4) is 0 Å². The van der Waals surface area contributed by atoms with Crippen LogP contribution in [0.2, 0.25) is 0 Å². The highest BCUT2D eigenvalue weighted by Crippen LogP contribution is 2.44. The van der Waals surface area contributed by atoms with Crippen molar-refractivity contribution in [3.05, 3.63) is 120 Å². The lowest BCUT2D eigenvalue weighted by molar-refractivity contribution is 0.511. The van der Waals surface area contributed by atoms with Crippen LogP contribution in [-0.2, 0) is 0 Å².